The molecule has 2 amide bonds. The van der Waals surface area contributed by atoms with E-state index in [1.165, 1.54) is 11.1 Å². The number of rotatable bonds is 7. The number of H-pyrrole nitrogens is 1. The molecule has 5 heterocycles. The SMILES string of the molecule is NC(=O)c1ccc(N2CCN(C[C@@H]3Cc4ccccc4CN3C(=O)c3ccsc3)CC2)cc1Oc1cnc2[nH]ccc2c1. The van der Waals surface area contributed by atoms with Gasteiger partial charge in [0.25, 0.3) is 11.8 Å². The summed E-state index contributed by atoms with van der Waals surface area (Å²) in [6, 6.07) is 19.8. The molecule has 3 aromatic heterocycles. The molecule has 1 saturated heterocycles. The second-order valence-electron chi connectivity index (χ2n) is 11.1. The smallest absolute Gasteiger partial charge is 0.255 e. The number of ether oxygens (including phenoxy) is 1. The molecular weight excluding hydrogens is 560 g/mol. The molecule has 7 rings (SSSR count). The van der Waals surface area contributed by atoms with Crippen molar-refractivity contribution >= 4 is 39.9 Å². The number of primary amides is 1. The summed E-state index contributed by atoms with van der Waals surface area (Å²) in [7, 11) is 0. The predicted molar refractivity (Wildman–Crippen MR) is 168 cm³/mol. The van der Waals surface area contributed by atoms with E-state index in [0.29, 0.717) is 23.6 Å². The second kappa shape index (κ2) is 11.5. The molecule has 0 aliphatic carbocycles. The highest BCUT2D eigenvalue weighted by molar-refractivity contribution is 7.08. The van der Waals surface area contributed by atoms with Crippen LogP contribution in [0.25, 0.3) is 11.0 Å². The van der Waals surface area contributed by atoms with Gasteiger partial charge in [-0.1, -0.05) is 24.3 Å². The third-order valence-electron chi connectivity index (χ3n) is 8.42. The Morgan fingerprint density at radius 1 is 1.02 bits per heavy atom. The summed E-state index contributed by atoms with van der Waals surface area (Å²) in [6.07, 6.45) is 4.30. The van der Waals surface area contributed by atoms with Crippen molar-refractivity contribution in [2.45, 2.75) is 19.0 Å². The Bertz CT molecular complexity index is 1780. The highest BCUT2D eigenvalue weighted by atomic mass is 32.1. The molecule has 3 N–H and O–H groups in total. The van der Waals surface area contributed by atoms with Gasteiger partial charge in [-0.3, -0.25) is 14.5 Å². The number of aromatic nitrogens is 2. The third kappa shape index (κ3) is 5.59. The van der Waals surface area contributed by atoms with E-state index >= 15 is 0 Å². The molecule has 0 unspecified atom stereocenters. The maximum absolute atomic E-state index is 13.5. The summed E-state index contributed by atoms with van der Waals surface area (Å²) >= 11 is 1.55. The number of nitrogens with zero attached hydrogens (tertiary/aromatic N) is 4. The summed E-state index contributed by atoms with van der Waals surface area (Å²) in [5.74, 6) is 0.504. The average molecular weight is 593 g/mol. The number of aromatic amines is 1. The largest absolute Gasteiger partial charge is 0.455 e. The number of nitrogens with two attached hydrogens (primary N) is 1. The van der Waals surface area contributed by atoms with Crippen LogP contribution < -0.4 is 15.4 Å². The maximum Gasteiger partial charge on any atom is 0.255 e. The van der Waals surface area contributed by atoms with Gasteiger partial charge >= 0.3 is 0 Å². The van der Waals surface area contributed by atoms with E-state index in [0.717, 1.165) is 61.4 Å². The predicted octanol–water partition coefficient (Wildman–Crippen LogP) is 4.90. The molecule has 2 aliphatic heterocycles. The molecule has 1 fully saturated rings. The molecule has 5 aromatic rings. The van der Waals surface area contributed by atoms with Crippen LogP contribution in [0, 0.1) is 0 Å². The first kappa shape index (κ1) is 27.2. The number of benzene rings is 2. The van der Waals surface area contributed by atoms with Crippen molar-refractivity contribution in [2.75, 3.05) is 37.6 Å². The number of fused-ring (bicyclic) bond motifs is 2. The van der Waals surface area contributed by atoms with Crippen LogP contribution in [-0.2, 0) is 13.0 Å². The highest BCUT2D eigenvalue weighted by Gasteiger charge is 2.32. The minimum absolute atomic E-state index is 0.104. The Kier molecular flexibility index (Phi) is 7.30. The molecule has 0 saturated carbocycles. The lowest BCUT2D eigenvalue weighted by Gasteiger charge is -2.42. The zero-order valence-electron chi connectivity index (χ0n) is 23.6. The Balaban J connectivity index is 1.05. The standard InChI is InChI=1S/C33H32N6O3S/c34-31(40)29-6-5-26(17-30(29)42-28-16-23-7-9-35-32(23)36-18-28)38-12-10-37(11-13-38)20-27-15-22-3-1-2-4-24(22)19-39(27)33(41)25-8-14-43-21-25/h1-9,14,16-18,21,27H,10-13,15,19-20H2,(H2,34,40)(H,35,36)/t27-/m0/s1. The van der Waals surface area contributed by atoms with Crippen LogP contribution in [0.2, 0.25) is 0 Å². The monoisotopic (exact) mass is 592 g/mol. The number of nitrogens with one attached hydrogen (secondary N) is 1. The van der Waals surface area contributed by atoms with E-state index in [4.69, 9.17) is 10.5 Å². The van der Waals surface area contributed by atoms with Crippen molar-refractivity contribution in [1.29, 1.82) is 0 Å². The first-order chi connectivity index (χ1) is 21.0. The van der Waals surface area contributed by atoms with Gasteiger partial charge in [0.1, 0.15) is 17.1 Å². The zero-order chi connectivity index (χ0) is 29.3. The van der Waals surface area contributed by atoms with Crippen molar-refractivity contribution < 1.29 is 14.3 Å². The van der Waals surface area contributed by atoms with Gasteiger partial charge in [0.15, 0.2) is 0 Å². The van der Waals surface area contributed by atoms with Crippen LogP contribution in [-0.4, -0.2) is 70.3 Å². The van der Waals surface area contributed by atoms with Gasteiger partial charge in [-0.15, -0.1) is 0 Å². The van der Waals surface area contributed by atoms with Crippen LogP contribution in [0.3, 0.4) is 0 Å². The average Bonchev–Trinajstić information content (AvgIpc) is 3.73. The highest BCUT2D eigenvalue weighted by Crippen LogP contribution is 2.32. The Hall–Kier alpha value is -4.67. The number of carbonyl (C=O) groups excluding carboxylic acids is 2. The van der Waals surface area contributed by atoms with E-state index in [2.05, 4.69) is 48.9 Å². The maximum atomic E-state index is 13.5. The van der Waals surface area contributed by atoms with Crippen LogP contribution in [0.15, 0.2) is 83.8 Å². The lowest BCUT2D eigenvalue weighted by Crippen LogP contribution is -2.54. The van der Waals surface area contributed by atoms with Gasteiger partial charge < -0.3 is 25.3 Å². The van der Waals surface area contributed by atoms with Crippen molar-refractivity contribution in [3.05, 3.63) is 106 Å². The van der Waals surface area contributed by atoms with Gasteiger partial charge in [-0.25, -0.2) is 4.98 Å². The number of carbonyl (C=O) groups is 2. The quantitative estimate of drug-likeness (QED) is 0.278. The number of hydrogen-bond acceptors (Lipinski definition) is 7. The number of amides is 2. The van der Waals surface area contributed by atoms with Crippen LogP contribution in [0.4, 0.5) is 5.69 Å². The Morgan fingerprint density at radius 2 is 1.86 bits per heavy atom. The molecule has 43 heavy (non-hydrogen) atoms. The molecular formula is C33H32N6O3S. The van der Waals surface area contributed by atoms with E-state index in [1.807, 2.05) is 47.3 Å². The second-order valence-corrected chi connectivity index (χ2v) is 11.9. The zero-order valence-corrected chi connectivity index (χ0v) is 24.4. The fourth-order valence-electron chi connectivity index (χ4n) is 6.13. The summed E-state index contributed by atoms with van der Waals surface area (Å²) < 4.78 is 6.14. The van der Waals surface area contributed by atoms with Crippen LogP contribution in [0.5, 0.6) is 11.5 Å². The molecule has 218 valence electrons. The van der Waals surface area contributed by atoms with Gasteiger partial charge in [0.05, 0.1) is 17.3 Å². The van der Waals surface area contributed by atoms with Gasteiger partial charge in [0, 0.05) is 74.0 Å². The number of anilines is 1. The van der Waals surface area contributed by atoms with E-state index in [1.54, 1.807) is 23.6 Å². The first-order valence-corrected chi connectivity index (χ1v) is 15.4. The first-order valence-electron chi connectivity index (χ1n) is 14.4. The lowest BCUT2D eigenvalue weighted by atomic mass is 9.93. The van der Waals surface area contributed by atoms with Gasteiger partial charge in [-0.05, 0) is 53.3 Å². The molecule has 2 aromatic carbocycles. The number of piperazine rings is 1. The minimum atomic E-state index is -0.544. The number of hydrogen-bond donors (Lipinski definition) is 2. The number of thiophene rings is 1. The normalized spacial score (nSPS) is 17.2. The summed E-state index contributed by atoms with van der Waals surface area (Å²) in [6.45, 7) is 4.81. The summed E-state index contributed by atoms with van der Waals surface area (Å²) in [4.78, 5) is 40.0. The topological polar surface area (TPSA) is 108 Å². The molecule has 2 aliphatic rings. The van der Waals surface area contributed by atoms with Crippen LogP contribution >= 0.6 is 11.3 Å². The van der Waals surface area contributed by atoms with E-state index < -0.39 is 5.91 Å². The third-order valence-corrected chi connectivity index (χ3v) is 9.11. The van der Waals surface area contributed by atoms with Crippen molar-refractivity contribution in [1.82, 2.24) is 19.8 Å². The van der Waals surface area contributed by atoms with Crippen molar-refractivity contribution in [3.63, 3.8) is 0 Å². The Morgan fingerprint density at radius 3 is 2.65 bits per heavy atom. The van der Waals surface area contributed by atoms with E-state index in [9.17, 15) is 9.59 Å². The van der Waals surface area contributed by atoms with Gasteiger partial charge in [-0.2, -0.15) is 11.3 Å². The lowest BCUT2D eigenvalue weighted by molar-refractivity contribution is 0.0576. The number of pyridine rings is 1. The van der Waals surface area contributed by atoms with E-state index in [-0.39, 0.29) is 11.9 Å². The van der Waals surface area contributed by atoms with Crippen molar-refractivity contribution in [2.24, 2.45) is 5.73 Å². The fraction of sp³-hybridized carbons (Fsp3) is 0.242. The van der Waals surface area contributed by atoms with Gasteiger partial charge in [0.2, 0.25) is 0 Å². The Labute approximate surface area is 253 Å². The fourth-order valence-corrected chi connectivity index (χ4v) is 6.75. The molecule has 0 spiro atoms. The van der Waals surface area contributed by atoms with Crippen LogP contribution in [0.1, 0.15) is 31.8 Å². The van der Waals surface area contributed by atoms with Crippen molar-refractivity contribution in [3.8, 4) is 11.5 Å². The molecule has 0 bridgehead atoms. The minimum Gasteiger partial charge on any atom is -0.455 e. The summed E-state index contributed by atoms with van der Waals surface area (Å²) in [5, 5.41) is 4.82. The molecule has 10 heteroatoms. The molecule has 9 nitrogen and oxygen atoms in total. The summed E-state index contributed by atoms with van der Waals surface area (Å²) in [5.41, 5.74) is 11.1. The molecule has 0 radical (unpaired) electrons. The molecule has 1 atom stereocenters.